The van der Waals surface area contributed by atoms with E-state index in [2.05, 4.69) is 9.73 Å². The molecule has 2 aromatic carbocycles. The fourth-order valence-corrected chi connectivity index (χ4v) is 2.74. The lowest BCUT2D eigenvalue weighted by Gasteiger charge is -2.14. The molecule has 0 N–H and O–H groups in total. The van der Waals surface area contributed by atoms with Crippen LogP contribution in [0.5, 0.6) is 17.2 Å². The molecule has 0 saturated heterocycles. The number of carbonyl (C=O) groups excluding carboxylic acids is 2. The molecule has 174 valence electrons. The molecule has 0 atom stereocenters. The second-order valence-electron chi connectivity index (χ2n) is 6.95. The lowest BCUT2D eigenvalue weighted by atomic mass is 10.1. The Balaban J connectivity index is 1.79. The number of hydrogen-bond acceptors (Lipinski definition) is 7. The molecule has 0 unspecified atom stereocenters. The number of benzene rings is 2. The summed E-state index contributed by atoms with van der Waals surface area (Å²) in [5, 5.41) is 0. The van der Waals surface area contributed by atoms with E-state index >= 15 is 0 Å². The van der Waals surface area contributed by atoms with Crippen LogP contribution in [0.15, 0.2) is 53.2 Å². The van der Waals surface area contributed by atoms with Crippen molar-refractivity contribution < 1.29 is 37.3 Å². The highest BCUT2D eigenvalue weighted by atomic mass is 19.3. The Morgan fingerprint density at radius 2 is 1.85 bits per heavy atom. The molecule has 1 aliphatic heterocycles. The maximum absolute atomic E-state index is 12.3. The Morgan fingerprint density at radius 3 is 2.48 bits per heavy atom. The summed E-state index contributed by atoms with van der Waals surface area (Å²) in [5.74, 6) is -0.0441. The first-order chi connectivity index (χ1) is 15.8. The number of alkyl halides is 2. The SMILES string of the molecule is CCOc1cc(/C=C2/N=C(c3ccc(OC(F)F)cc3)OC2=O)ccc1OCC(=O)N(C)C. The first kappa shape index (κ1) is 23.7. The van der Waals surface area contributed by atoms with Crippen molar-refractivity contribution in [3.8, 4) is 17.2 Å². The summed E-state index contributed by atoms with van der Waals surface area (Å²) in [6.07, 6.45) is 1.51. The molecule has 0 aromatic heterocycles. The third kappa shape index (κ3) is 6.28. The lowest BCUT2D eigenvalue weighted by Crippen LogP contribution is -2.27. The Bertz CT molecular complexity index is 1080. The molecule has 1 amide bonds. The zero-order valence-corrected chi connectivity index (χ0v) is 18.2. The Morgan fingerprint density at radius 1 is 1.12 bits per heavy atom. The molecular weight excluding hydrogens is 438 g/mol. The molecule has 0 aliphatic carbocycles. The minimum Gasteiger partial charge on any atom is -0.490 e. The summed E-state index contributed by atoms with van der Waals surface area (Å²) >= 11 is 0. The summed E-state index contributed by atoms with van der Waals surface area (Å²) in [7, 11) is 3.26. The topological polar surface area (TPSA) is 86.7 Å². The third-order valence-corrected chi connectivity index (χ3v) is 4.37. The van der Waals surface area contributed by atoms with Crippen LogP contribution in [0, 0.1) is 0 Å². The normalized spacial score (nSPS) is 14.2. The second-order valence-corrected chi connectivity index (χ2v) is 6.95. The molecule has 8 nitrogen and oxygen atoms in total. The fraction of sp³-hybridized carbons (Fsp3) is 0.261. The number of halogens is 2. The molecular formula is C23H22F2N2O6. The first-order valence-corrected chi connectivity index (χ1v) is 9.94. The van der Waals surface area contributed by atoms with Crippen molar-refractivity contribution in [2.24, 2.45) is 4.99 Å². The summed E-state index contributed by atoms with van der Waals surface area (Å²) < 4.78 is 45.2. The van der Waals surface area contributed by atoms with E-state index in [1.807, 2.05) is 6.92 Å². The summed E-state index contributed by atoms with van der Waals surface area (Å²) in [6, 6.07) is 10.5. The van der Waals surface area contributed by atoms with Gasteiger partial charge in [0.15, 0.2) is 23.8 Å². The van der Waals surface area contributed by atoms with Gasteiger partial charge in [-0.25, -0.2) is 9.79 Å². The molecule has 0 fully saturated rings. The van der Waals surface area contributed by atoms with Crippen LogP contribution in [0.1, 0.15) is 18.1 Å². The van der Waals surface area contributed by atoms with Gasteiger partial charge in [-0.1, -0.05) is 6.07 Å². The van der Waals surface area contributed by atoms with Gasteiger partial charge in [-0.2, -0.15) is 8.78 Å². The van der Waals surface area contributed by atoms with E-state index in [1.54, 1.807) is 32.3 Å². The Kier molecular flexibility index (Phi) is 7.60. The maximum Gasteiger partial charge on any atom is 0.387 e. The minimum atomic E-state index is -2.93. The quantitative estimate of drug-likeness (QED) is 0.421. The number of nitrogens with zero attached hydrogens (tertiary/aromatic N) is 2. The van der Waals surface area contributed by atoms with Crippen LogP contribution >= 0.6 is 0 Å². The molecule has 0 radical (unpaired) electrons. The maximum atomic E-state index is 12.3. The molecule has 10 heteroatoms. The van der Waals surface area contributed by atoms with Gasteiger partial charge in [-0.3, -0.25) is 4.79 Å². The van der Waals surface area contributed by atoms with E-state index in [0.29, 0.717) is 29.2 Å². The van der Waals surface area contributed by atoms with Crippen LogP contribution in [0.25, 0.3) is 6.08 Å². The summed E-state index contributed by atoms with van der Waals surface area (Å²) in [6.45, 7) is -0.899. The standard InChI is InChI=1S/C23H22F2N2O6/c1-4-30-19-12-14(5-10-18(19)31-13-20(28)27(2)3)11-17-22(29)33-21(26-17)15-6-8-16(9-7-15)32-23(24)25/h5-12,23H,4,13H2,1-3H3/b17-11+. The van der Waals surface area contributed by atoms with Gasteiger partial charge >= 0.3 is 12.6 Å². The Labute approximate surface area is 189 Å². The molecule has 33 heavy (non-hydrogen) atoms. The van der Waals surface area contributed by atoms with E-state index in [9.17, 15) is 18.4 Å². The smallest absolute Gasteiger partial charge is 0.387 e. The molecule has 1 heterocycles. The lowest BCUT2D eigenvalue weighted by molar-refractivity contribution is -0.131. The second kappa shape index (κ2) is 10.6. The number of cyclic esters (lactones) is 1. The van der Waals surface area contributed by atoms with Crippen molar-refractivity contribution in [1.82, 2.24) is 4.90 Å². The van der Waals surface area contributed by atoms with Crippen LogP contribution in [-0.2, 0) is 14.3 Å². The largest absolute Gasteiger partial charge is 0.490 e. The van der Waals surface area contributed by atoms with Gasteiger partial charge in [-0.05, 0) is 55.0 Å². The van der Waals surface area contributed by atoms with E-state index in [-0.39, 0.29) is 29.9 Å². The van der Waals surface area contributed by atoms with E-state index in [1.165, 1.54) is 35.2 Å². The summed E-state index contributed by atoms with van der Waals surface area (Å²) in [5.41, 5.74) is 1.08. The average Bonchev–Trinajstić information content (AvgIpc) is 3.13. The van der Waals surface area contributed by atoms with Crippen LogP contribution < -0.4 is 14.2 Å². The monoisotopic (exact) mass is 460 g/mol. The number of ether oxygens (including phenoxy) is 4. The van der Waals surface area contributed by atoms with Gasteiger partial charge in [-0.15, -0.1) is 0 Å². The predicted molar refractivity (Wildman–Crippen MR) is 115 cm³/mol. The molecule has 0 saturated carbocycles. The highest BCUT2D eigenvalue weighted by molar-refractivity contribution is 6.12. The number of aliphatic imine (C=N–C) groups is 1. The van der Waals surface area contributed by atoms with Crippen LogP contribution in [0.4, 0.5) is 8.78 Å². The van der Waals surface area contributed by atoms with Gasteiger partial charge in [0, 0.05) is 19.7 Å². The van der Waals surface area contributed by atoms with Gasteiger partial charge in [0.2, 0.25) is 5.90 Å². The molecule has 3 rings (SSSR count). The van der Waals surface area contributed by atoms with Gasteiger partial charge < -0.3 is 23.8 Å². The molecule has 0 bridgehead atoms. The van der Waals surface area contributed by atoms with Crippen molar-refractivity contribution >= 4 is 23.9 Å². The summed E-state index contributed by atoms with van der Waals surface area (Å²) in [4.78, 5) is 29.7. The van der Waals surface area contributed by atoms with Crippen LogP contribution in [0.3, 0.4) is 0 Å². The van der Waals surface area contributed by atoms with E-state index in [0.717, 1.165) is 0 Å². The van der Waals surface area contributed by atoms with Gasteiger partial charge in [0.25, 0.3) is 5.91 Å². The van der Waals surface area contributed by atoms with Crippen LogP contribution in [-0.4, -0.2) is 56.6 Å². The molecule has 2 aromatic rings. The fourth-order valence-electron chi connectivity index (χ4n) is 2.74. The van der Waals surface area contributed by atoms with Gasteiger partial charge in [0.1, 0.15) is 5.75 Å². The van der Waals surface area contributed by atoms with Crippen LogP contribution in [0.2, 0.25) is 0 Å². The first-order valence-electron chi connectivity index (χ1n) is 9.94. The zero-order chi connectivity index (χ0) is 24.0. The molecule has 0 spiro atoms. The van der Waals surface area contributed by atoms with E-state index in [4.69, 9.17) is 14.2 Å². The van der Waals surface area contributed by atoms with E-state index < -0.39 is 12.6 Å². The number of carbonyl (C=O) groups is 2. The third-order valence-electron chi connectivity index (χ3n) is 4.37. The number of esters is 1. The van der Waals surface area contributed by atoms with Crippen molar-refractivity contribution in [3.05, 3.63) is 59.3 Å². The molecule has 1 aliphatic rings. The predicted octanol–water partition coefficient (Wildman–Crippen LogP) is 3.50. The zero-order valence-electron chi connectivity index (χ0n) is 18.2. The highest BCUT2D eigenvalue weighted by Gasteiger charge is 2.24. The highest BCUT2D eigenvalue weighted by Crippen LogP contribution is 2.30. The van der Waals surface area contributed by atoms with Crippen molar-refractivity contribution in [2.45, 2.75) is 13.5 Å². The number of hydrogen-bond donors (Lipinski definition) is 0. The van der Waals surface area contributed by atoms with Gasteiger partial charge in [0.05, 0.1) is 6.61 Å². The number of likely N-dealkylation sites (N-methyl/N-ethyl adjacent to an activating group) is 1. The Hall–Kier alpha value is -3.95. The minimum absolute atomic E-state index is 0.0208. The number of rotatable bonds is 9. The van der Waals surface area contributed by atoms with Crippen molar-refractivity contribution in [3.63, 3.8) is 0 Å². The van der Waals surface area contributed by atoms with Crippen molar-refractivity contribution in [1.29, 1.82) is 0 Å². The average molecular weight is 460 g/mol. The number of amides is 1. The van der Waals surface area contributed by atoms with Crippen molar-refractivity contribution in [2.75, 3.05) is 27.3 Å².